The van der Waals surface area contributed by atoms with Crippen molar-refractivity contribution in [2.45, 2.75) is 13.5 Å². The van der Waals surface area contributed by atoms with Gasteiger partial charge < -0.3 is 5.32 Å². The van der Waals surface area contributed by atoms with Crippen LogP contribution in [0, 0.1) is 5.82 Å². The van der Waals surface area contributed by atoms with Gasteiger partial charge in [0.2, 0.25) is 5.82 Å². The van der Waals surface area contributed by atoms with Crippen molar-refractivity contribution in [3.8, 4) is 11.4 Å². The van der Waals surface area contributed by atoms with Gasteiger partial charge in [-0.05, 0) is 48.5 Å². The van der Waals surface area contributed by atoms with Gasteiger partial charge in [-0.2, -0.15) is 4.80 Å². The first-order valence-corrected chi connectivity index (χ1v) is 6.66. The van der Waals surface area contributed by atoms with Crippen LogP contribution in [-0.2, 0) is 6.54 Å². The SMILES string of the molecule is CCn1nnc(-c2ccccc2Nc2ccc(F)cc2)n1. The monoisotopic (exact) mass is 283 g/mol. The fourth-order valence-corrected chi connectivity index (χ4v) is 1.96. The number of aryl methyl sites for hydroxylation is 1. The average Bonchev–Trinajstić information content (AvgIpc) is 2.99. The molecule has 106 valence electrons. The summed E-state index contributed by atoms with van der Waals surface area (Å²) < 4.78 is 13.0. The van der Waals surface area contributed by atoms with E-state index in [-0.39, 0.29) is 5.82 Å². The number of hydrogen-bond donors (Lipinski definition) is 1. The van der Waals surface area contributed by atoms with Gasteiger partial charge in [0.05, 0.1) is 6.54 Å². The highest BCUT2D eigenvalue weighted by molar-refractivity contribution is 5.77. The Morgan fingerprint density at radius 1 is 1.10 bits per heavy atom. The van der Waals surface area contributed by atoms with E-state index in [0.717, 1.165) is 16.9 Å². The number of rotatable bonds is 4. The van der Waals surface area contributed by atoms with Crippen molar-refractivity contribution in [3.05, 3.63) is 54.3 Å². The van der Waals surface area contributed by atoms with E-state index < -0.39 is 0 Å². The number of aromatic nitrogens is 4. The second-order valence-electron chi connectivity index (χ2n) is 4.48. The van der Waals surface area contributed by atoms with Crippen LogP contribution in [0.2, 0.25) is 0 Å². The summed E-state index contributed by atoms with van der Waals surface area (Å²) >= 11 is 0. The molecule has 5 nitrogen and oxygen atoms in total. The zero-order valence-electron chi connectivity index (χ0n) is 11.5. The van der Waals surface area contributed by atoms with Crippen molar-refractivity contribution in [2.75, 3.05) is 5.32 Å². The normalized spacial score (nSPS) is 10.6. The molecule has 1 heterocycles. The standard InChI is InChI=1S/C15H14FN5/c1-2-21-19-15(18-20-21)13-5-3-4-6-14(13)17-12-9-7-11(16)8-10-12/h3-10,17H,2H2,1H3. The summed E-state index contributed by atoms with van der Waals surface area (Å²) in [4.78, 5) is 1.53. The lowest BCUT2D eigenvalue weighted by atomic mass is 10.1. The Kier molecular flexibility index (Phi) is 3.59. The van der Waals surface area contributed by atoms with E-state index in [1.54, 1.807) is 12.1 Å². The molecule has 0 aliphatic carbocycles. The Morgan fingerprint density at radius 2 is 1.86 bits per heavy atom. The Hall–Kier alpha value is -2.76. The topological polar surface area (TPSA) is 55.6 Å². The maximum Gasteiger partial charge on any atom is 0.207 e. The second-order valence-corrected chi connectivity index (χ2v) is 4.48. The van der Waals surface area contributed by atoms with Crippen molar-refractivity contribution >= 4 is 11.4 Å². The molecule has 0 fully saturated rings. The number of nitrogens with zero attached hydrogens (tertiary/aromatic N) is 4. The Bertz CT molecular complexity index is 736. The third-order valence-electron chi connectivity index (χ3n) is 3.03. The molecule has 0 bridgehead atoms. The number of halogens is 1. The van der Waals surface area contributed by atoms with Crippen molar-refractivity contribution in [3.63, 3.8) is 0 Å². The minimum absolute atomic E-state index is 0.263. The van der Waals surface area contributed by atoms with Gasteiger partial charge in [-0.25, -0.2) is 4.39 Å². The van der Waals surface area contributed by atoms with Crippen LogP contribution >= 0.6 is 0 Å². The molecule has 0 unspecified atom stereocenters. The third kappa shape index (κ3) is 2.89. The molecule has 0 spiro atoms. The van der Waals surface area contributed by atoms with Crippen LogP contribution in [0.5, 0.6) is 0 Å². The molecule has 2 aromatic carbocycles. The minimum Gasteiger partial charge on any atom is -0.355 e. The zero-order valence-corrected chi connectivity index (χ0v) is 11.5. The van der Waals surface area contributed by atoms with Crippen molar-refractivity contribution in [2.24, 2.45) is 0 Å². The highest BCUT2D eigenvalue weighted by Crippen LogP contribution is 2.27. The van der Waals surface area contributed by atoms with Gasteiger partial charge in [-0.3, -0.25) is 0 Å². The summed E-state index contributed by atoms with van der Waals surface area (Å²) in [6, 6.07) is 13.9. The first kappa shape index (κ1) is 13.2. The Balaban J connectivity index is 1.94. The van der Waals surface area contributed by atoms with Crippen LogP contribution in [0.4, 0.5) is 15.8 Å². The highest BCUT2D eigenvalue weighted by Gasteiger charge is 2.10. The Labute approximate surface area is 121 Å². The predicted molar refractivity (Wildman–Crippen MR) is 78.6 cm³/mol. The Morgan fingerprint density at radius 3 is 2.57 bits per heavy atom. The molecule has 21 heavy (non-hydrogen) atoms. The molecule has 0 saturated heterocycles. The van der Waals surface area contributed by atoms with Crippen LogP contribution in [0.25, 0.3) is 11.4 Å². The second kappa shape index (κ2) is 5.70. The van der Waals surface area contributed by atoms with Gasteiger partial charge in [-0.1, -0.05) is 12.1 Å². The number of anilines is 2. The average molecular weight is 283 g/mol. The lowest BCUT2D eigenvalue weighted by Crippen LogP contribution is -1.98. The molecule has 1 aromatic heterocycles. The van der Waals surface area contributed by atoms with E-state index in [0.29, 0.717) is 12.4 Å². The highest BCUT2D eigenvalue weighted by atomic mass is 19.1. The lowest BCUT2D eigenvalue weighted by Gasteiger charge is -2.09. The van der Waals surface area contributed by atoms with Gasteiger partial charge >= 0.3 is 0 Å². The van der Waals surface area contributed by atoms with Crippen LogP contribution in [0.15, 0.2) is 48.5 Å². The summed E-state index contributed by atoms with van der Waals surface area (Å²) in [7, 11) is 0. The smallest absolute Gasteiger partial charge is 0.207 e. The number of para-hydroxylation sites is 1. The van der Waals surface area contributed by atoms with Crippen LogP contribution < -0.4 is 5.32 Å². The summed E-state index contributed by atoms with van der Waals surface area (Å²) in [5.41, 5.74) is 2.49. The van der Waals surface area contributed by atoms with E-state index in [4.69, 9.17) is 0 Å². The van der Waals surface area contributed by atoms with Gasteiger partial charge in [0.1, 0.15) is 5.82 Å². The first-order valence-electron chi connectivity index (χ1n) is 6.66. The van der Waals surface area contributed by atoms with E-state index in [2.05, 4.69) is 20.7 Å². The lowest BCUT2D eigenvalue weighted by molar-refractivity contribution is 0.553. The molecule has 1 N–H and O–H groups in total. The zero-order chi connectivity index (χ0) is 14.7. The van der Waals surface area contributed by atoms with E-state index in [9.17, 15) is 4.39 Å². The van der Waals surface area contributed by atoms with Crippen LogP contribution in [-0.4, -0.2) is 20.2 Å². The minimum atomic E-state index is -0.263. The van der Waals surface area contributed by atoms with E-state index in [1.807, 2.05) is 31.2 Å². The van der Waals surface area contributed by atoms with Gasteiger partial charge in [0, 0.05) is 16.9 Å². The maximum absolute atomic E-state index is 13.0. The number of hydrogen-bond acceptors (Lipinski definition) is 4. The number of tetrazole rings is 1. The van der Waals surface area contributed by atoms with Crippen LogP contribution in [0.1, 0.15) is 6.92 Å². The molecular formula is C15H14FN5. The number of nitrogens with one attached hydrogen (secondary N) is 1. The largest absolute Gasteiger partial charge is 0.355 e. The molecule has 0 atom stereocenters. The van der Waals surface area contributed by atoms with Crippen molar-refractivity contribution in [1.82, 2.24) is 20.2 Å². The molecule has 0 aliphatic heterocycles. The fraction of sp³-hybridized carbons (Fsp3) is 0.133. The van der Waals surface area contributed by atoms with E-state index in [1.165, 1.54) is 16.9 Å². The maximum atomic E-state index is 13.0. The predicted octanol–water partition coefficient (Wildman–Crippen LogP) is 3.24. The molecule has 0 aliphatic rings. The molecule has 0 radical (unpaired) electrons. The molecule has 6 heteroatoms. The fourth-order valence-electron chi connectivity index (χ4n) is 1.96. The first-order chi connectivity index (χ1) is 10.3. The van der Waals surface area contributed by atoms with E-state index >= 15 is 0 Å². The molecule has 0 saturated carbocycles. The molecule has 3 aromatic rings. The van der Waals surface area contributed by atoms with Gasteiger partial charge in [0.15, 0.2) is 0 Å². The van der Waals surface area contributed by atoms with Crippen molar-refractivity contribution in [1.29, 1.82) is 0 Å². The summed E-state index contributed by atoms with van der Waals surface area (Å²) in [6.45, 7) is 2.62. The third-order valence-corrected chi connectivity index (χ3v) is 3.03. The van der Waals surface area contributed by atoms with Crippen molar-refractivity contribution < 1.29 is 4.39 Å². The summed E-state index contributed by atoms with van der Waals surface area (Å²) in [5, 5.41) is 15.6. The molecule has 3 rings (SSSR count). The molecule has 0 amide bonds. The van der Waals surface area contributed by atoms with Crippen LogP contribution in [0.3, 0.4) is 0 Å². The van der Waals surface area contributed by atoms with Gasteiger partial charge in [0.25, 0.3) is 0 Å². The summed E-state index contributed by atoms with van der Waals surface area (Å²) in [5.74, 6) is 0.295. The quantitative estimate of drug-likeness (QED) is 0.798. The number of benzene rings is 2. The molecular weight excluding hydrogens is 269 g/mol. The summed E-state index contributed by atoms with van der Waals surface area (Å²) in [6.07, 6.45) is 0. The van der Waals surface area contributed by atoms with Gasteiger partial charge in [-0.15, -0.1) is 10.2 Å².